The van der Waals surface area contributed by atoms with Crippen LogP contribution in [0, 0.1) is 5.92 Å². The molecule has 0 aromatic carbocycles. The summed E-state index contributed by atoms with van der Waals surface area (Å²) >= 11 is 0. The number of amides is 2. The summed E-state index contributed by atoms with van der Waals surface area (Å²) in [6, 6.07) is -1.33. The molecule has 1 rings (SSSR count). The average molecular weight is 244 g/mol. The van der Waals surface area contributed by atoms with Gasteiger partial charge < -0.3 is 20.5 Å². The van der Waals surface area contributed by atoms with Crippen LogP contribution in [0.25, 0.3) is 0 Å². The number of hydrogen-bond donors (Lipinski definition) is 3. The predicted octanol–water partition coefficient (Wildman–Crippen LogP) is 0.921. The molecule has 1 saturated heterocycles. The SMILES string of the molecule is CC(C)CC(NC(=O)NC1CCCO1)C(=O)O. The smallest absolute Gasteiger partial charge is 0.326 e. The zero-order chi connectivity index (χ0) is 12.8. The number of rotatable bonds is 5. The van der Waals surface area contributed by atoms with Gasteiger partial charge in [0.05, 0.1) is 0 Å². The Labute approximate surface area is 101 Å². The van der Waals surface area contributed by atoms with E-state index >= 15 is 0 Å². The Morgan fingerprint density at radius 2 is 2.18 bits per heavy atom. The maximum Gasteiger partial charge on any atom is 0.326 e. The molecular formula is C11H20N2O4. The summed E-state index contributed by atoms with van der Waals surface area (Å²) in [5, 5.41) is 14.0. The molecule has 1 heterocycles. The molecule has 1 aliphatic rings. The molecular weight excluding hydrogens is 224 g/mol. The van der Waals surface area contributed by atoms with Crippen molar-refractivity contribution in [1.82, 2.24) is 10.6 Å². The highest BCUT2D eigenvalue weighted by molar-refractivity contribution is 5.82. The van der Waals surface area contributed by atoms with Crippen molar-refractivity contribution in [3.8, 4) is 0 Å². The van der Waals surface area contributed by atoms with Crippen molar-refractivity contribution < 1.29 is 19.4 Å². The van der Waals surface area contributed by atoms with Gasteiger partial charge in [0.2, 0.25) is 0 Å². The highest BCUT2D eigenvalue weighted by Crippen LogP contribution is 2.09. The third-order valence-electron chi connectivity index (χ3n) is 2.53. The van der Waals surface area contributed by atoms with E-state index in [4.69, 9.17) is 9.84 Å². The van der Waals surface area contributed by atoms with Crippen molar-refractivity contribution in [2.45, 2.75) is 45.4 Å². The van der Waals surface area contributed by atoms with Gasteiger partial charge in [-0.05, 0) is 25.2 Å². The zero-order valence-electron chi connectivity index (χ0n) is 10.2. The van der Waals surface area contributed by atoms with Gasteiger partial charge in [0, 0.05) is 6.61 Å². The van der Waals surface area contributed by atoms with Crippen molar-refractivity contribution in [3.63, 3.8) is 0 Å². The van der Waals surface area contributed by atoms with Crippen LogP contribution in [-0.4, -0.2) is 36.0 Å². The van der Waals surface area contributed by atoms with E-state index in [2.05, 4.69) is 10.6 Å². The van der Waals surface area contributed by atoms with Gasteiger partial charge in [-0.2, -0.15) is 0 Å². The van der Waals surface area contributed by atoms with E-state index in [1.54, 1.807) is 0 Å². The minimum atomic E-state index is -1.01. The number of carboxylic acid groups (broad SMARTS) is 1. The lowest BCUT2D eigenvalue weighted by atomic mass is 10.0. The normalized spacial score (nSPS) is 21.2. The Hall–Kier alpha value is -1.30. The lowest BCUT2D eigenvalue weighted by Crippen LogP contribution is -2.49. The Bertz CT molecular complexity index is 275. The van der Waals surface area contributed by atoms with E-state index in [1.165, 1.54) is 0 Å². The van der Waals surface area contributed by atoms with Gasteiger partial charge in [0.15, 0.2) is 0 Å². The minimum Gasteiger partial charge on any atom is -0.480 e. The fourth-order valence-electron chi connectivity index (χ4n) is 1.73. The summed E-state index contributed by atoms with van der Waals surface area (Å²) in [6.07, 6.45) is 1.81. The molecule has 1 aliphatic heterocycles. The zero-order valence-corrected chi connectivity index (χ0v) is 10.2. The van der Waals surface area contributed by atoms with Crippen LogP contribution in [0.1, 0.15) is 33.1 Å². The Morgan fingerprint density at radius 1 is 1.47 bits per heavy atom. The summed E-state index contributed by atoms with van der Waals surface area (Å²) < 4.78 is 5.23. The molecule has 6 nitrogen and oxygen atoms in total. The van der Waals surface area contributed by atoms with Crippen LogP contribution in [0.3, 0.4) is 0 Å². The Balaban J connectivity index is 2.37. The third-order valence-corrected chi connectivity index (χ3v) is 2.53. The molecule has 0 saturated carbocycles. The standard InChI is InChI=1S/C11H20N2O4/c1-7(2)6-8(10(14)15)12-11(16)13-9-4-3-5-17-9/h7-9H,3-6H2,1-2H3,(H,14,15)(H2,12,13,16). The number of carbonyl (C=O) groups is 2. The first-order chi connectivity index (χ1) is 7.99. The molecule has 2 amide bonds. The number of carbonyl (C=O) groups excluding carboxylic acids is 1. The largest absolute Gasteiger partial charge is 0.480 e. The fraction of sp³-hybridized carbons (Fsp3) is 0.818. The second-order valence-electron chi connectivity index (χ2n) is 4.64. The minimum absolute atomic E-state index is 0.208. The number of carboxylic acids is 1. The van der Waals surface area contributed by atoms with E-state index in [-0.39, 0.29) is 12.1 Å². The van der Waals surface area contributed by atoms with Gasteiger partial charge in [0.25, 0.3) is 0 Å². The summed E-state index contributed by atoms with van der Waals surface area (Å²) in [5.74, 6) is -0.805. The van der Waals surface area contributed by atoms with E-state index in [1.807, 2.05) is 13.8 Å². The molecule has 2 atom stereocenters. The first-order valence-corrected chi connectivity index (χ1v) is 5.90. The maximum atomic E-state index is 11.5. The quantitative estimate of drug-likeness (QED) is 0.671. The Kier molecular flexibility index (Phi) is 5.21. The van der Waals surface area contributed by atoms with E-state index in [0.29, 0.717) is 13.0 Å². The van der Waals surface area contributed by atoms with E-state index < -0.39 is 18.0 Å². The average Bonchev–Trinajstić information content (AvgIpc) is 2.68. The van der Waals surface area contributed by atoms with Crippen LogP contribution in [0.15, 0.2) is 0 Å². The second-order valence-corrected chi connectivity index (χ2v) is 4.64. The maximum absolute atomic E-state index is 11.5. The van der Waals surface area contributed by atoms with E-state index in [0.717, 1.165) is 12.8 Å². The summed E-state index contributed by atoms with van der Waals surface area (Å²) in [6.45, 7) is 4.46. The Morgan fingerprint density at radius 3 is 2.65 bits per heavy atom. The summed E-state index contributed by atoms with van der Waals surface area (Å²) in [5.41, 5.74) is 0. The lowest BCUT2D eigenvalue weighted by molar-refractivity contribution is -0.139. The van der Waals surface area contributed by atoms with Crippen molar-refractivity contribution in [2.75, 3.05) is 6.61 Å². The second kappa shape index (κ2) is 6.44. The van der Waals surface area contributed by atoms with E-state index in [9.17, 15) is 9.59 Å². The molecule has 2 unspecified atom stereocenters. The number of hydrogen-bond acceptors (Lipinski definition) is 3. The van der Waals surface area contributed by atoms with Crippen molar-refractivity contribution in [2.24, 2.45) is 5.92 Å². The number of aliphatic carboxylic acids is 1. The molecule has 6 heteroatoms. The molecule has 17 heavy (non-hydrogen) atoms. The van der Waals surface area contributed by atoms with Crippen LogP contribution in [0.5, 0.6) is 0 Å². The van der Waals surface area contributed by atoms with Crippen molar-refractivity contribution in [3.05, 3.63) is 0 Å². The van der Waals surface area contributed by atoms with Crippen LogP contribution in [0.4, 0.5) is 4.79 Å². The number of nitrogens with one attached hydrogen (secondary N) is 2. The first-order valence-electron chi connectivity index (χ1n) is 5.90. The third kappa shape index (κ3) is 5.04. The highest BCUT2D eigenvalue weighted by Gasteiger charge is 2.23. The van der Waals surface area contributed by atoms with Gasteiger partial charge in [-0.15, -0.1) is 0 Å². The molecule has 0 spiro atoms. The molecule has 0 aromatic rings. The lowest BCUT2D eigenvalue weighted by Gasteiger charge is -2.18. The topological polar surface area (TPSA) is 87.7 Å². The molecule has 0 aliphatic carbocycles. The molecule has 0 aromatic heterocycles. The van der Waals surface area contributed by atoms with Gasteiger partial charge in [0.1, 0.15) is 12.3 Å². The summed E-state index contributed by atoms with van der Waals surface area (Å²) in [7, 11) is 0. The van der Waals surface area contributed by atoms with Gasteiger partial charge >= 0.3 is 12.0 Å². The van der Waals surface area contributed by atoms with Crippen LogP contribution < -0.4 is 10.6 Å². The van der Waals surface area contributed by atoms with Crippen LogP contribution in [-0.2, 0) is 9.53 Å². The number of ether oxygens (including phenoxy) is 1. The van der Waals surface area contributed by atoms with Crippen LogP contribution >= 0.6 is 0 Å². The molecule has 0 radical (unpaired) electrons. The predicted molar refractivity (Wildman–Crippen MR) is 61.5 cm³/mol. The first kappa shape index (κ1) is 13.8. The summed E-state index contributed by atoms with van der Waals surface area (Å²) in [4.78, 5) is 22.5. The number of urea groups is 1. The van der Waals surface area contributed by atoms with Crippen LogP contribution in [0.2, 0.25) is 0 Å². The fourth-order valence-corrected chi connectivity index (χ4v) is 1.73. The molecule has 0 bridgehead atoms. The molecule has 1 fully saturated rings. The van der Waals surface area contributed by atoms with Crippen molar-refractivity contribution in [1.29, 1.82) is 0 Å². The van der Waals surface area contributed by atoms with Crippen molar-refractivity contribution >= 4 is 12.0 Å². The van der Waals surface area contributed by atoms with Gasteiger partial charge in [-0.25, -0.2) is 9.59 Å². The van der Waals surface area contributed by atoms with Gasteiger partial charge in [-0.3, -0.25) is 0 Å². The highest BCUT2D eigenvalue weighted by atomic mass is 16.5. The monoisotopic (exact) mass is 244 g/mol. The molecule has 98 valence electrons. The van der Waals surface area contributed by atoms with Gasteiger partial charge in [-0.1, -0.05) is 13.8 Å². The molecule has 3 N–H and O–H groups in total.